The molecule has 0 aliphatic carbocycles. The first-order chi connectivity index (χ1) is 8.84. The number of benzene rings is 1. The van der Waals surface area contributed by atoms with E-state index in [1.54, 1.807) is 0 Å². The summed E-state index contributed by atoms with van der Waals surface area (Å²) >= 11 is 0. The number of nitrogens with zero attached hydrogens (tertiary/aromatic N) is 1. The summed E-state index contributed by atoms with van der Waals surface area (Å²) in [6, 6.07) is 6.05. The fraction of sp³-hybridized carbons (Fsp3) is 0.500. The van der Waals surface area contributed by atoms with E-state index >= 15 is 0 Å². The van der Waals surface area contributed by atoms with Crippen molar-refractivity contribution in [3.05, 3.63) is 29.3 Å². The van der Waals surface area contributed by atoms with Crippen molar-refractivity contribution in [2.24, 2.45) is 0 Å². The zero-order chi connectivity index (χ0) is 12.4. The number of carbonyl (C=O) groups is 1. The van der Waals surface area contributed by atoms with Crippen LogP contribution in [-0.4, -0.2) is 43.5 Å². The number of nitrogens with one attached hydrogen (secondary N) is 2. The molecular formula is C14H19N3O. The van der Waals surface area contributed by atoms with Crippen molar-refractivity contribution in [2.75, 3.05) is 38.0 Å². The van der Waals surface area contributed by atoms with Gasteiger partial charge in [-0.2, -0.15) is 0 Å². The predicted molar refractivity (Wildman–Crippen MR) is 72.0 cm³/mol. The number of anilines is 1. The molecule has 1 amide bonds. The van der Waals surface area contributed by atoms with Gasteiger partial charge in [0, 0.05) is 44.0 Å². The Kier molecular flexibility index (Phi) is 3.19. The van der Waals surface area contributed by atoms with E-state index in [9.17, 15) is 4.79 Å². The maximum absolute atomic E-state index is 12.4. The summed E-state index contributed by atoms with van der Waals surface area (Å²) in [6.07, 6.45) is 2.23. The lowest BCUT2D eigenvalue weighted by Crippen LogP contribution is -2.46. The normalized spacial score (nSPS) is 19.0. The predicted octanol–water partition coefficient (Wildman–Crippen LogP) is 1.09. The topological polar surface area (TPSA) is 44.4 Å². The molecule has 1 saturated heterocycles. The van der Waals surface area contributed by atoms with Crippen LogP contribution in [0.3, 0.4) is 0 Å². The summed E-state index contributed by atoms with van der Waals surface area (Å²) in [7, 11) is 0. The van der Waals surface area contributed by atoms with Gasteiger partial charge in [0.1, 0.15) is 0 Å². The summed E-state index contributed by atoms with van der Waals surface area (Å²) in [6.45, 7) is 4.47. The van der Waals surface area contributed by atoms with Gasteiger partial charge in [-0.25, -0.2) is 0 Å². The highest BCUT2D eigenvalue weighted by molar-refractivity contribution is 5.95. The maximum Gasteiger partial charge on any atom is 0.253 e. The highest BCUT2D eigenvalue weighted by atomic mass is 16.2. The second-order valence-corrected chi connectivity index (χ2v) is 4.94. The Bertz CT molecular complexity index is 452. The van der Waals surface area contributed by atoms with Gasteiger partial charge in [0.15, 0.2) is 0 Å². The van der Waals surface area contributed by atoms with Crippen LogP contribution < -0.4 is 10.6 Å². The fourth-order valence-corrected chi connectivity index (χ4v) is 2.66. The first-order valence-electron chi connectivity index (χ1n) is 6.71. The second-order valence-electron chi connectivity index (χ2n) is 4.94. The molecule has 96 valence electrons. The van der Waals surface area contributed by atoms with Crippen molar-refractivity contribution in [1.29, 1.82) is 0 Å². The van der Waals surface area contributed by atoms with Crippen LogP contribution in [-0.2, 0) is 6.42 Å². The van der Waals surface area contributed by atoms with E-state index in [1.165, 1.54) is 11.3 Å². The minimum atomic E-state index is 0.171. The van der Waals surface area contributed by atoms with Gasteiger partial charge >= 0.3 is 0 Å². The van der Waals surface area contributed by atoms with Crippen molar-refractivity contribution in [1.82, 2.24) is 10.2 Å². The van der Waals surface area contributed by atoms with Gasteiger partial charge in [0.2, 0.25) is 0 Å². The summed E-state index contributed by atoms with van der Waals surface area (Å²) < 4.78 is 0. The number of aryl methyl sites for hydroxylation is 1. The molecule has 1 aromatic rings. The van der Waals surface area contributed by atoms with E-state index in [-0.39, 0.29) is 5.91 Å². The molecule has 0 saturated carbocycles. The molecule has 3 rings (SSSR count). The molecule has 2 aliphatic rings. The number of fused-ring (bicyclic) bond motifs is 1. The molecule has 4 heteroatoms. The number of amides is 1. The zero-order valence-corrected chi connectivity index (χ0v) is 10.5. The fourth-order valence-electron chi connectivity index (χ4n) is 2.66. The maximum atomic E-state index is 12.4. The lowest BCUT2D eigenvalue weighted by Gasteiger charge is -2.28. The SMILES string of the molecule is O=C(c1ccc2c(c1)CCCN2)N1CCNCC1. The molecule has 0 aromatic heterocycles. The lowest BCUT2D eigenvalue weighted by atomic mass is 10.0. The molecule has 0 radical (unpaired) electrons. The first-order valence-corrected chi connectivity index (χ1v) is 6.71. The van der Waals surface area contributed by atoms with Crippen molar-refractivity contribution in [3.8, 4) is 0 Å². The minimum absolute atomic E-state index is 0.171. The summed E-state index contributed by atoms with van der Waals surface area (Å²) in [5.74, 6) is 0.171. The highest BCUT2D eigenvalue weighted by Gasteiger charge is 2.19. The molecule has 0 unspecified atom stereocenters. The molecule has 1 aromatic carbocycles. The Balaban J connectivity index is 1.80. The van der Waals surface area contributed by atoms with Gasteiger partial charge in [-0.1, -0.05) is 0 Å². The average molecular weight is 245 g/mol. The number of piperazine rings is 1. The van der Waals surface area contributed by atoms with Crippen LogP contribution in [0, 0.1) is 0 Å². The number of carbonyl (C=O) groups excluding carboxylic acids is 1. The molecule has 0 atom stereocenters. The van der Waals surface area contributed by atoms with E-state index in [0.717, 1.165) is 51.1 Å². The number of rotatable bonds is 1. The quantitative estimate of drug-likeness (QED) is 0.778. The van der Waals surface area contributed by atoms with Crippen molar-refractivity contribution >= 4 is 11.6 Å². The molecule has 4 nitrogen and oxygen atoms in total. The van der Waals surface area contributed by atoms with E-state index in [4.69, 9.17) is 0 Å². The summed E-state index contributed by atoms with van der Waals surface area (Å²) in [4.78, 5) is 14.3. The second kappa shape index (κ2) is 4.98. The number of hydrogen-bond donors (Lipinski definition) is 2. The van der Waals surface area contributed by atoms with Crippen molar-refractivity contribution in [2.45, 2.75) is 12.8 Å². The molecule has 1 fully saturated rings. The van der Waals surface area contributed by atoms with Crippen LogP contribution >= 0.6 is 0 Å². The Morgan fingerprint density at radius 1 is 1.17 bits per heavy atom. The Morgan fingerprint density at radius 2 is 2.00 bits per heavy atom. The van der Waals surface area contributed by atoms with E-state index in [0.29, 0.717) is 0 Å². The van der Waals surface area contributed by atoms with Crippen LogP contribution in [0.25, 0.3) is 0 Å². The Hall–Kier alpha value is -1.55. The highest BCUT2D eigenvalue weighted by Crippen LogP contribution is 2.23. The first kappa shape index (κ1) is 11.5. The molecule has 18 heavy (non-hydrogen) atoms. The molecular weight excluding hydrogens is 226 g/mol. The van der Waals surface area contributed by atoms with E-state index in [1.807, 2.05) is 17.0 Å². The van der Waals surface area contributed by atoms with Gasteiger partial charge in [-0.15, -0.1) is 0 Å². The standard InChI is InChI=1S/C14H19N3O/c18-14(17-8-6-15-7-9-17)12-3-4-13-11(10-12)2-1-5-16-13/h3-4,10,15-16H,1-2,5-9H2. The van der Waals surface area contributed by atoms with Crippen LogP contribution in [0.1, 0.15) is 22.3 Å². The van der Waals surface area contributed by atoms with Crippen LogP contribution in [0.2, 0.25) is 0 Å². The van der Waals surface area contributed by atoms with Crippen molar-refractivity contribution in [3.63, 3.8) is 0 Å². The van der Waals surface area contributed by atoms with Crippen LogP contribution in [0.4, 0.5) is 5.69 Å². The average Bonchev–Trinajstić information content (AvgIpc) is 2.47. The summed E-state index contributed by atoms with van der Waals surface area (Å²) in [5.41, 5.74) is 3.31. The number of hydrogen-bond acceptors (Lipinski definition) is 3. The molecule has 0 bridgehead atoms. The smallest absolute Gasteiger partial charge is 0.253 e. The van der Waals surface area contributed by atoms with Crippen LogP contribution in [0.5, 0.6) is 0 Å². The molecule has 2 heterocycles. The van der Waals surface area contributed by atoms with Gasteiger partial charge < -0.3 is 15.5 Å². The van der Waals surface area contributed by atoms with Gasteiger partial charge in [0.25, 0.3) is 5.91 Å². The van der Waals surface area contributed by atoms with E-state index in [2.05, 4.69) is 16.7 Å². The molecule has 2 aliphatic heterocycles. The third-order valence-corrected chi connectivity index (χ3v) is 3.69. The Morgan fingerprint density at radius 3 is 2.83 bits per heavy atom. The molecule has 2 N–H and O–H groups in total. The van der Waals surface area contributed by atoms with Crippen molar-refractivity contribution < 1.29 is 4.79 Å². The Labute approximate surface area is 107 Å². The lowest BCUT2D eigenvalue weighted by molar-refractivity contribution is 0.0735. The zero-order valence-electron chi connectivity index (χ0n) is 10.5. The van der Waals surface area contributed by atoms with Crippen LogP contribution in [0.15, 0.2) is 18.2 Å². The summed E-state index contributed by atoms with van der Waals surface area (Å²) in [5, 5.41) is 6.64. The van der Waals surface area contributed by atoms with E-state index < -0.39 is 0 Å². The largest absolute Gasteiger partial charge is 0.385 e. The van der Waals surface area contributed by atoms with Gasteiger partial charge in [0.05, 0.1) is 0 Å². The van der Waals surface area contributed by atoms with Gasteiger partial charge in [-0.3, -0.25) is 4.79 Å². The monoisotopic (exact) mass is 245 g/mol. The third kappa shape index (κ3) is 2.20. The molecule has 0 spiro atoms. The minimum Gasteiger partial charge on any atom is -0.385 e. The van der Waals surface area contributed by atoms with Gasteiger partial charge in [-0.05, 0) is 36.6 Å². The third-order valence-electron chi connectivity index (χ3n) is 3.69.